The molecule has 0 bridgehead atoms. The Bertz CT molecular complexity index is 841. The third-order valence-corrected chi connectivity index (χ3v) is 5.00. The number of hydrogen-bond acceptors (Lipinski definition) is 6. The van der Waals surface area contributed by atoms with E-state index in [0.717, 1.165) is 12.8 Å². The lowest BCUT2D eigenvalue weighted by molar-refractivity contribution is -0.113. The number of esters is 1. The average Bonchev–Trinajstić information content (AvgIpc) is 3.24. The number of thioether (sulfide) groups is 1. The number of thiocarbonyl (C=S) groups is 1. The molecule has 7 heteroatoms. The first kappa shape index (κ1) is 18.4. The maximum Gasteiger partial charge on any atom is 0.338 e. The van der Waals surface area contributed by atoms with E-state index in [9.17, 15) is 9.59 Å². The van der Waals surface area contributed by atoms with E-state index in [1.807, 2.05) is 6.92 Å². The van der Waals surface area contributed by atoms with Crippen LogP contribution in [0.5, 0.6) is 0 Å². The number of carbonyl (C=O) groups excluding carboxylic acids is 2. The van der Waals surface area contributed by atoms with Crippen LogP contribution in [0, 0.1) is 0 Å². The molecule has 26 heavy (non-hydrogen) atoms. The molecule has 0 atom stereocenters. The summed E-state index contributed by atoms with van der Waals surface area (Å²) in [5.74, 6) is 0.0125. The Kier molecular flexibility index (Phi) is 5.90. The molecule has 0 N–H and O–H groups in total. The van der Waals surface area contributed by atoms with Crippen LogP contribution in [-0.4, -0.2) is 22.8 Å². The summed E-state index contributed by atoms with van der Waals surface area (Å²) in [7, 11) is 0. The van der Waals surface area contributed by atoms with Crippen molar-refractivity contribution < 1.29 is 18.7 Å². The van der Waals surface area contributed by atoms with E-state index < -0.39 is 0 Å². The molecule has 0 saturated carbocycles. The van der Waals surface area contributed by atoms with E-state index in [1.165, 1.54) is 16.7 Å². The van der Waals surface area contributed by atoms with E-state index in [4.69, 9.17) is 21.4 Å². The molecule has 1 aromatic heterocycles. The van der Waals surface area contributed by atoms with Gasteiger partial charge in [-0.15, -0.1) is 0 Å². The Hall–Kier alpha value is -2.38. The highest BCUT2D eigenvalue weighted by Crippen LogP contribution is 2.36. The van der Waals surface area contributed by atoms with Crippen LogP contribution in [0.3, 0.4) is 0 Å². The van der Waals surface area contributed by atoms with Gasteiger partial charge in [-0.1, -0.05) is 37.3 Å². The Morgan fingerprint density at radius 1 is 1.31 bits per heavy atom. The number of nitrogens with zero attached hydrogens (tertiary/aromatic N) is 1. The van der Waals surface area contributed by atoms with Gasteiger partial charge in [0.15, 0.2) is 4.32 Å². The summed E-state index contributed by atoms with van der Waals surface area (Å²) in [4.78, 5) is 26.5. The topological polar surface area (TPSA) is 59.8 Å². The van der Waals surface area contributed by atoms with Crippen LogP contribution >= 0.6 is 24.0 Å². The zero-order chi connectivity index (χ0) is 18.5. The first-order valence-corrected chi connectivity index (χ1v) is 9.41. The monoisotopic (exact) mass is 387 g/mol. The van der Waals surface area contributed by atoms with E-state index in [1.54, 1.807) is 48.7 Å². The van der Waals surface area contributed by atoms with Crippen molar-refractivity contribution in [1.29, 1.82) is 0 Å². The summed E-state index contributed by atoms with van der Waals surface area (Å²) in [6, 6.07) is 10.2. The second-order valence-electron chi connectivity index (χ2n) is 5.57. The zero-order valence-corrected chi connectivity index (χ0v) is 15.8. The number of anilines is 1. The first-order chi connectivity index (χ1) is 12.6. The number of furan rings is 1. The van der Waals surface area contributed by atoms with Gasteiger partial charge >= 0.3 is 5.97 Å². The fourth-order valence-electron chi connectivity index (χ4n) is 2.33. The molecule has 1 amide bonds. The van der Waals surface area contributed by atoms with Crippen LogP contribution in [-0.2, 0) is 9.53 Å². The Balaban J connectivity index is 1.73. The highest BCUT2D eigenvalue weighted by molar-refractivity contribution is 8.27. The molecule has 1 aliphatic rings. The van der Waals surface area contributed by atoms with Gasteiger partial charge in [-0.25, -0.2) is 4.79 Å². The summed E-state index contributed by atoms with van der Waals surface area (Å²) in [6.45, 7) is 2.44. The molecule has 1 aliphatic heterocycles. The van der Waals surface area contributed by atoms with Crippen molar-refractivity contribution in [2.75, 3.05) is 11.5 Å². The van der Waals surface area contributed by atoms with Crippen LogP contribution in [0.2, 0.25) is 0 Å². The SMILES string of the molecule is CCCCOC(=O)c1ccc(N2C(=O)/C(=C/c3ccco3)SC2=S)cc1. The van der Waals surface area contributed by atoms with Crippen molar-refractivity contribution in [2.24, 2.45) is 0 Å². The van der Waals surface area contributed by atoms with Crippen molar-refractivity contribution in [3.63, 3.8) is 0 Å². The van der Waals surface area contributed by atoms with Crippen LogP contribution in [0.4, 0.5) is 5.69 Å². The standard InChI is InChI=1S/C19H17NO4S2/c1-2-3-10-24-18(22)13-6-8-14(9-7-13)20-17(21)16(26-19(20)25)12-15-5-4-11-23-15/h4-9,11-12H,2-3,10H2,1H3/b16-12-. The van der Waals surface area contributed by atoms with Crippen LogP contribution in [0.25, 0.3) is 6.08 Å². The van der Waals surface area contributed by atoms with Gasteiger partial charge in [-0.05, 0) is 42.8 Å². The van der Waals surface area contributed by atoms with Gasteiger partial charge in [0, 0.05) is 6.08 Å². The maximum absolute atomic E-state index is 12.7. The molecule has 1 aromatic carbocycles. The predicted molar refractivity (Wildman–Crippen MR) is 106 cm³/mol. The van der Waals surface area contributed by atoms with E-state index in [-0.39, 0.29) is 11.9 Å². The van der Waals surface area contributed by atoms with Crippen molar-refractivity contribution in [1.82, 2.24) is 0 Å². The van der Waals surface area contributed by atoms with Crippen molar-refractivity contribution >= 4 is 51.9 Å². The lowest BCUT2D eigenvalue weighted by Gasteiger charge is -2.14. The molecule has 1 saturated heterocycles. The molecule has 0 spiro atoms. The lowest BCUT2D eigenvalue weighted by Crippen LogP contribution is -2.27. The van der Waals surface area contributed by atoms with Gasteiger partial charge in [0.05, 0.1) is 29.0 Å². The summed E-state index contributed by atoms with van der Waals surface area (Å²) in [5.41, 5.74) is 1.06. The number of ether oxygens (including phenoxy) is 1. The minimum absolute atomic E-state index is 0.213. The Morgan fingerprint density at radius 3 is 2.73 bits per heavy atom. The van der Waals surface area contributed by atoms with Crippen molar-refractivity contribution in [2.45, 2.75) is 19.8 Å². The van der Waals surface area contributed by atoms with Gasteiger partial charge in [0.25, 0.3) is 5.91 Å². The molecule has 2 heterocycles. The minimum atomic E-state index is -0.367. The van der Waals surface area contributed by atoms with Gasteiger partial charge < -0.3 is 9.15 Å². The van der Waals surface area contributed by atoms with Crippen LogP contribution in [0.15, 0.2) is 52.0 Å². The fraction of sp³-hybridized carbons (Fsp3) is 0.211. The third-order valence-electron chi connectivity index (χ3n) is 3.70. The molecule has 0 unspecified atom stereocenters. The molecule has 3 rings (SSSR count). The molecule has 0 radical (unpaired) electrons. The number of rotatable bonds is 6. The smallest absolute Gasteiger partial charge is 0.338 e. The van der Waals surface area contributed by atoms with E-state index in [0.29, 0.717) is 32.8 Å². The number of amides is 1. The van der Waals surface area contributed by atoms with E-state index in [2.05, 4.69) is 0 Å². The molecule has 5 nitrogen and oxygen atoms in total. The van der Waals surface area contributed by atoms with Crippen LogP contribution < -0.4 is 4.90 Å². The maximum atomic E-state index is 12.7. The Labute approximate surface area is 161 Å². The number of benzene rings is 1. The number of hydrogen-bond donors (Lipinski definition) is 0. The number of unbranched alkanes of at least 4 members (excludes halogenated alkanes) is 1. The molecule has 1 fully saturated rings. The summed E-state index contributed by atoms with van der Waals surface area (Å²) < 4.78 is 10.9. The molecular weight excluding hydrogens is 370 g/mol. The Morgan fingerprint density at radius 2 is 2.08 bits per heavy atom. The molecule has 2 aromatic rings. The average molecular weight is 387 g/mol. The minimum Gasteiger partial charge on any atom is -0.465 e. The highest BCUT2D eigenvalue weighted by Gasteiger charge is 2.33. The first-order valence-electron chi connectivity index (χ1n) is 8.19. The van der Waals surface area contributed by atoms with Crippen molar-refractivity contribution in [3.8, 4) is 0 Å². The number of carbonyl (C=O) groups is 2. The van der Waals surface area contributed by atoms with Gasteiger partial charge in [0.1, 0.15) is 5.76 Å². The molecule has 0 aliphatic carbocycles. The zero-order valence-electron chi connectivity index (χ0n) is 14.1. The largest absolute Gasteiger partial charge is 0.465 e. The molecular formula is C19H17NO4S2. The second kappa shape index (κ2) is 8.33. The highest BCUT2D eigenvalue weighted by atomic mass is 32.2. The van der Waals surface area contributed by atoms with Gasteiger partial charge in [0.2, 0.25) is 0 Å². The summed E-state index contributed by atoms with van der Waals surface area (Å²) in [5, 5.41) is 0. The lowest BCUT2D eigenvalue weighted by atomic mass is 10.2. The van der Waals surface area contributed by atoms with Gasteiger partial charge in [-0.2, -0.15) is 0 Å². The third kappa shape index (κ3) is 4.05. The normalized spacial score (nSPS) is 15.7. The fourth-order valence-corrected chi connectivity index (χ4v) is 3.61. The summed E-state index contributed by atoms with van der Waals surface area (Å²) in [6.07, 6.45) is 5.01. The van der Waals surface area contributed by atoms with Crippen LogP contribution in [0.1, 0.15) is 35.9 Å². The summed E-state index contributed by atoms with van der Waals surface area (Å²) >= 11 is 6.55. The van der Waals surface area contributed by atoms with E-state index >= 15 is 0 Å². The second-order valence-corrected chi connectivity index (χ2v) is 7.24. The van der Waals surface area contributed by atoms with Gasteiger partial charge in [-0.3, -0.25) is 9.69 Å². The predicted octanol–water partition coefficient (Wildman–Crippen LogP) is 4.64. The molecule has 134 valence electrons. The quantitative estimate of drug-likeness (QED) is 0.311. The van der Waals surface area contributed by atoms with Crippen molar-refractivity contribution in [3.05, 3.63) is 58.9 Å².